The highest BCUT2D eigenvalue weighted by Gasteiger charge is 2.40. The fraction of sp³-hybridized carbons (Fsp3) is 0.588. The summed E-state index contributed by atoms with van der Waals surface area (Å²) in [7, 11) is 0. The van der Waals surface area contributed by atoms with E-state index in [2.05, 4.69) is 28.3 Å². The van der Waals surface area contributed by atoms with Gasteiger partial charge < -0.3 is 10.1 Å². The first-order valence-corrected chi connectivity index (χ1v) is 7.90. The van der Waals surface area contributed by atoms with Gasteiger partial charge in [-0.05, 0) is 43.1 Å². The topological polar surface area (TPSA) is 35.8 Å². The van der Waals surface area contributed by atoms with Crippen LogP contribution in [0.5, 0.6) is 0 Å². The lowest BCUT2D eigenvalue weighted by atomic mass is 9.87. The molecule has 2 bridgehead atoms. The van der Waals surface area contributed by atoms with E-state index in [-0.39, 0.29) is 0 Å². The van der Waals surface area contributed by atoms with E-state index in [4.69, 9.17) is 5.21 Å². The van der Waals surface area contributed by atoms with Gasteiger partial charge in [0, 0.05) is 30.8 Å². The Morgan fingerprint density at radius 2 is 2.10 bits per heavy atom. The average molecular weight is 270 g/mol. The number of anilines is 1. The van der Waals surface area contributed by atoms with Gasteiger partial charge in [-0.2, -0.15) is 0 Å². The third kappa shape index (κ3) is 1.91. The normalized spacial score (nSPS) is 33.7. The molecule has 0 amide bonds. The summed E-state index contributed by atoms with van der Waals surface area (Å²) in [5, 5.41) is 12.6. The average Bonchev–Trinajstić information content (AvgIpc) is 3.10. The van der Waals surface area contributed by atoms with Gasteiger partial charge in [0.15, 0.2) is 0 Å². The van der Waals surface area contributed by atoms with Gasteiger partial charge in [0.05, 0.1) is 5.71 Å². The van der Waals surface area contributed by atoms with Crippen molar-refractivity contribution in [2.45, 2.75) is 32.1 Å². The van der Waals surface area contributed by atoms with Gasteiger partial charge >= 0.3 is 0 Å². The highest BCUT2D eigenvalue weighted by molar-refractivity contribution is 6.06. The monoisotopic (exact) mass is 270 g/mol. The van der Waals surface area contributed by atoms with Gasteiger partial charge in [-0.25, -0.2) is 0 Å². The fourth-order valence-corrected chi connectivity index (χ4v) is 4.67. The predicted octanol–water partition coefficient (Wildman–Crippen LogP) is 3.51. The van der Waals surface area contributed by atoms with E-state index >= 15 is 0 Å². The Labute approximate surface area is 120 Å². The van der Waals surface area contributed by atoms with Crippen molar-refractivity contribution in [3.63, 3.8) is 0 Å². The van der Waals surface area contributed by atoms with Gasteiger partial charge in [-0.3, -0.25) is 0 Å². The quantitative estimate of drug-likeness (QED) is 0.659. The van der Waals surface area contributed by atoms with Crippen molar-refractivity contribution in [2.75, 3.05) is 18.0 Å². The molecule has 1 heterocycles. The van der Waals surface area contributed by atoms with E-state index in [1.54, 1.807) is 0 Å². The SMILES string of the molecule is ON=C1CCN(CC2CC3CCC2C3)c2ccccc21. The minimum Gasteiger partial charge on any atom is -0.411 e. The number of benzene rings is 1. The molecule has 0 radical (unpaired) electrons. The number of nitrogens with zero attached hydrogens (tertiary/aromatic N) is 2. The maximum Gasteiger partial charge on any atom is 0.0906 e. The van der Waals surface area contributed by atoms with Crippen LogP contribution in [0.1, 0.15) is 37.7 Å². The Hall–Kier alpha value is -1.51. The van der Waals surface area contributed by atoms with E-state index in [0.717, 1.165) is 42.0 Å². The van der Waals surface area contributed by atoms with Crippen molar-refractivity contribution >= 4 is 11.4 Å². The van der Waals surface area contributed by atoms with Crippen molar-refractivity contribution in [2.24, 2.45) is 22.9 Å². The standard InChI is InChI=1S/C17H22N2O/c20-18-16-7-8-19(17-4-2-1-3-15(16)17)11-14-10-12-5-6-13(14)9-12/h1-4,12-14,20H,5-11H2. The van der Waals surface area contributed by atoms with Crippen LogP contribution in [0.4, 0.5) is 5.69 Å². The summed E-state index contributed by atoms with van der Waals surface area (Å²) in [6, 6.07) is 8.38. The molecule has 3 atom stereocenters. The fourth-order valence-electron chi connectivity index (χ4n) is 4.67. The third-order valence-corrected chi connectivity index (χ3v) is 5.63. The maximum atomic E-state index is 9.16. The second-order valence-electron chi connectivity index (χ2n) is 6.69. The molecule has 0 saturated heterocycles. The molecule has 2 saturated carbocycles. The van der Waals surface area contributed by atoms with Crippen LogP contribution in [0.25, 0.3) is 0 Å². The molecule has 3 heteroatoms. The lowest BCUT2D eigenvalue weighted by molar-refractivity contribution is 0.316. The summed E-state index contributed by atoms with van der Waals surface area (Å²) >= 11 is 0. The van der Waals surface area contributed by atoms with Gasteiger partial charge in [-0.1, -0.05) is 29.8 Å². The summed E-state index contributed by atoms with van der Waals surface area (Å²) < 4.78 is 0. The van der Waals surface area contributed by atoms with E-state index in [9.17, 15) is 0 Å². The van der Waals surface area contributed by atoms with Gasteiger partial charge in [0.1, 0.15) is 0 Å². The van der Waals surface area contributed by atoms with Crippen molar-refractivity contribution < 1.29 is 5.21 Å². The number of oxime groups is 1. The van der Waals surface area contributed by atoms with Gasteiger partial charge in [0.2, 0.25) is 0 Å². The smallest absolute Gasteiger partial charge is 0.0906 e. The van der Waals surface area contributed by atoms with Crippen molar-refractivity contribution in [1.82, 2.24) is 0 Å². The van der Waals surface area contributed by atoms with Crippen LogP contribution in [0, 0.1) is 17.8 Å². The predicted molar refractivity (Wildman–Crippen MR) is 80.5 cm³/mol. The van der Waals surface area contributed by atoms with E-state index < -0.39 is 0 Å². The van der Waals surface area contributed by atoms with Crippen LogP contribution >= 0.6 is 0 Å². The zero-order valence-corrected chi connectivity index (χ0v) is 11.8. The molecular weight excluding hydrogens is 248 g/mol. The molecule has 2 aliphatic carbocycles. The number of para-hydroxylation sites is 1. The molecule has 20 heavy (non-hydrogen) atoms. The molecule has 0 spiro atoms. The summed E-state index contributed by atoms with van der Waals surface area (Å²) in [5.74, 6) is 2.87. The molecule has 1 N–H and O–H groups in total. The van der Waals surface area contributed by atoms with E-state index in [0.29, 0.717) is 0 Å². The van der Waals surface area contributed by atoms with Crippen LogP contribution in [0.3, 0.4) is 0 Å². The largest absolute Gasteiger partial charge is 0.411 e. The number of hydrogen-bond acceptors (Lipinski definition) is 3. The molecule has 1 aromatic rings. The molecule has 106 valence electrons. The molecular formula is C17H22N2O. The van der Waals surface area contributed by atoms with E-state index in [1.807, 2.05) is 6.07 Å². The summed E-state index contributed by atoms with van der Waals surface area (Å²) in [5.41, 5.74) is 3.21. The Balaban J connectivity index is 1.57. The third-order valence-electron chi connectivity index (χ3n) is 5.63. The maximum absolute atomic E-state index is 9.16. The summed E-state index contributed by atoms with van der Waals surface area (Å²) in [6.45, 7) is 2.18. The zero-order chi connectivity index (χ0) is 13.5. The molecule has 2 fully saturated rings. The molecule has 3 aliphatic rings. The molecule has 0 aromatic heterocycles. The Morgan fingerprint density at radius 3 is 2.85 bits per heavy atom. The number of fused-ring (bicyclic) bond motifs is 3. The van der Waals surface area contributed by atoms with E-state index in [1.165, 1.54) is 37.9 Å². The van der Waals surface area contributed by atoms with Gasteiger partial charge in [0.25, 0.3) is 0 Å². The molecule has 3 unspecified atom stereocenters. The molecule has 1 aliphatic heterocycles. The molecule has 3 nitrogen and oxygen atoms in total. The van der Waals surface area contributed by atoms with Crippen molar-refractivity contribution in [1.29, 1.82) is 0 Å². The number of rotatable bonds is 2. The highest BCUT2D eigenvalue weighted by atomic mass is 16.4. The van der Waals surface area contributed by atoms with Crippen molar-refractivity contribution in [3.8, 4) is 0 Å². The second-order valence-corrected chi connectivity index (χ2v) is 6.69. The minimum atomic E-state index is 0.838. The molecule has 1 aromatic carbocycles. The lowest BCUT2D eigenvalue weighted by Gasteiger charge is -2.35. The van der Waals surface area contributed by atoms with Crippen LogP contribution in [0.15, 0.2) is 29.4 Å². The van der Waals surface area contributed by atoms with Crippen LogP contribution in [-0.2, 0) is 0 Å². The minimum absolute atomic E-state index is 0.838. The second kappa shape index (κ2) is 4.80. The Bertz CT molecular complexity index is 540. The zero-order valence-electron chi connectivity index (χ0n) is 11.8. The lowest BCUT2D eigenvalue weighted by Crippen LogP contribution is -2.37. The van der Waals surface area contributed by atoms with Gasteiger partial charge in [-0.15, -0.1) is 0 Å². The van der Waals surface area contributed by atoms with Crippen LogP contribution in [-0.4, -0.2) is 24.0 Å². The van der Waals surface area contributed by atoms with Crippen LogP contribution < -0.4 is 4.90 Å². The summed E-state index contributed by atoms with van der Waals surface area (Å²) in [6.07, 6.45) is 6.69. The van der Waals surface area contributed by atoms with Crippen molar-refractivity contribution in [3.05, 3.63) is 29.8 Å². The molecule has 4 rings (SSSR count). The highest BCUT2D eigenvalue weighted by Crippen LogP contribution is 2.49. The first-order chi connectivity index (χ1) is 9.85. The first kappa shape index (κ1) is 12.2. The first-order valence-electron chi connectivity index (χ1n) is 7.90. The Kier molecular flexibility index (Phi) is 2.94. The summed E-state index contributed by atoms with van der Waals surface area (Å²) in [4.78, 5) is 2.52. The Morgan fingerprint density at radius 1 is 1.20 bits per heavy atom. The number of hydrogen-bond donors (Lipinski definition) is 1. The van der Waals surface area contributed by atoms with Crippen LogP contribution in [0.2, 0.25) is 0 Å².